The number of hydrogen-bond acceptors (Lipinski definition) is 4. The Morgan fingerprint density at radius 3 is 2.19 bits per heavy atom. The Morgan fingerprint density at radius 2 is 1.44 bits per heavy atom. The van der Waals surface area contributed by atoms with Crippen LogP contribution in [0.5, 0.6) is 0 Å². The lowest BCUT2D eigenvalue weighted by Crippen LogP contribution is -3.00. The van der Waals surface area contributed by atoms with Crippen molar-refractivity contribution in [3.8, 4) is 22.2 Å². The fourth-order valence-electron chi connectivity index (χ4n) is 2.78. The van der Waals surface area contributed by atoms with Crippen molar-refractivity contribution in [3.63, 3.8) is 0 Å². The summed E-state index contributed by atoms with van der Waals surface area (Å²) in [6.45, 7) is 0. The standard InChI is InChI=1S/C20H14N5S.BrH/c1-3-9-15(10-4-1)19-22-24(16-11-5-2-6-12-16)25(23-19)20-21-17-13-7-8-14-18(17)26-20;/h1-14H;1H/q+1;/p-1. The van der Waals surface area contributed by atoms with Gasteiger partial charge in [0.05, 0.1) is 4.70 Å². The Hall–Kier alpha value is -2.90. The Morgan fingerprint density at radius 1 is 0.778 bits per heavy atom. The molecule has 5 aromatic rings. The van der Waals surface area contributed by atoms with Gasteiger partial charge >= 0.3 is 5.13 Å². The van der Waals surface area contributed by atoms with Gasteiger partial charge in [-0.3, -0.25) is 0 Å². The van der Waals surface area contributed by atoms with Gasteiger partial charge < -0.3 is 17.0 Å². The zero-order chi connectivity index (χ0) is 17.3. The zero-order valence-corrected chi connectivity index (χ0v) is 16.5. The molecule has 0 aliphatic heterocycles. The van der Waals surface area contributed by atoms with Crippen molar-refractivity contribution in [2.75, 3.05) is 0 Å². The van der Waals surface area contributed by atoms with E-state index in [0.29, 0.717) is 5.82 Å². The average molecular weight is 436 g/mol. The monoisotopic (exact) mass is 435 g/mol. The van der Waals surface area contributed by atoms with E-state index in [4.69, 9.17) is 15.2 Å². The SMILES string of the molecule is [Br-].c1ccc(-c2nn(-c3ccccc3)[n+](-c3nc4ccccc4s3)n2)cc1. The molecule has 132 valence electrons. The van der Waals surface area contributed by atoms with Crippen molar-refractivity contribution in [3.05, 3.63) is 84.9 Å². The molecular formula is C20H14BrN5S. The largest absolute Gasteiger partial charge is 1.00 e. The van der Waals surface area contributed by atoms with Gasteiger partial charge in [-0.2, -0.15) is 0 Å². The van der Waals surface area contributed by atoms with Crippen LogP contribution in [0.2, 0.25) is 0 Å². The van der Waals surface area contributed by atoms with E-state index >= 15 is 0 Å². The zero-order valence-electron chi connectivity index (χ0n) is 14.1. The molecule has 0 atom stereocenters. The number of halogens is 1. The molecule has 0 saturated carbocycles. The number of aromatic nitrogens is 5. The Labute approximate surface area is 170 Å². The maximum atomic E-state index is 4.74. The number of rotatable bonds is 3. The van der Waals surface area contributed by atoms with E-state index in [1.807, 2.05) is 78.9 Å². The van der Waals surface area contributed by atoms with Gasteiger partial charge in [0, 0.05) is 10.7 Å². The second kappa shape index (κ2) is 7.38. The molecule has 0 unspecified atom stereocenters. The lowest BCUT2D eigenvalue weighted by atomic mass is 10.2. The summed E-state index contributed by atoms with van der Waals surface area (Å²) in [4.78, 5) is 8.29. The highest BCUT2D eigenvalue weighted by Gasteiger charge is 2.24. The number of thiazole rings is 1. The first-order valence-electron chi connectivity index (χ1n) is 8.25. The highest BCUT2D eigenvalue weighted by Crippen LogP contribution is 2.22. The molecule has 0 amide bonds. The van der Waals surface area contributed by atoms with Gasteiger partial charge in [-0.05, 0) is 51.1 Å². The molecule has 5 rings (SSSR count). The predicted octanol–water partition coefficient (Wildman–Crippen LogP) is 0.825. The lowest BCUT2D eigenvalue weighted by molar-refractivity contribution is -0.734. The van der Waals surface area contributed by atoms with Gasteiger partial charge in [-0.1, -0.05) is 64.9 Å². The van der Waals surface area contributed by atoms with Crippen LogP contribution >= 0.6 is 11.3 Å². The summed E-state index contributed by atoms with van der Waals surface area (Å²) in [6, 6.07) is 28.0. The van der Waals surface area contributed by atoms with E-state index in [9.17, 15) is 0 Å². The van der Waals surface area contributed by atoms with Crippen LogP contribution in [-0.2, 0) is 0 Å². The molecule has 0 aliphatic carbocycles. The second-order valence-corrected chi connectivity index (χ2v) is 6.78. The maximum Gasteiger partial charge on any atom is 0.365 e. The van der Waals surface area contributed by atoms with Crippen LogP contribution in [0.3, 0.4) is 0 Å². The summed E-state index contributed by atoms with van der Waals surface area (Å²) in [5.41, 5.74) is 2.86. The summed E-state index contributed by atoms with van der Waals surface area (Å²) >= 11 is 1.60. The number of tetrazole rings is 1. The molecule has 27 heavy (non-hydrogen) atoms. The second-order valence-electron chi connectivity index (χ2n) is 5.77. The number of para-hydroxylation sites is 2. The summed E-state index contributed by atoms with van der Waals surface area (Å²) in [5, 5.41) is 10.3. The molecule has 2 aromatic heterocycles. The average Bonchev–Trinajstić information content (AvgIpc) is 3.33. The van der Waals surface area contributed by atoms with Gasteiger partial charge in [-0.25, -0.2) is 0 Å². The molecule has 7 heteroatoms. The molecule has 0 fully saturated rings. The molecule has 3 aromatic carbocycles. The fraction of sp³-hybridized carbons (Fsp3) is 0. The van der Waals surface area contributed by atoms with Crippen molar-refractivity contribution >= 4 is 21.6 Å². The van der Waals surface area contributed by atoms with Crippen molar-refractivity contribution < 1.29 is 21.8 Å². The molecule has 0 aliphatic rings. The Balaban J connectivity index is 0.00000180. The van der Waals surface area contributed by atoms with Gasteiger partial charge in [0.1, 0.15) is 5.69 Å². The fourth-order valence-corrected chi connectivity index (χ4v) is 3.69. The summed E-state index contributed by atoms with van der Waals surface area (Å²) in [7, 11) is 0. The van der Waals surface area contributed by atoms with Crippen LogP contribution in [0.1, 0.15) is 0 Å². The first-order chi connectivity index (χ1) is 12.9. The summed E-state index contributed by atoms with van der Waals surface area (Å²) in [5.74, 6) is 0.661. The van der Waals surface area contributed by atoms with Gasteiger partial charge in [0.25, 0.3) is 5.82 Å². The summed E-state index contributed by atoms with van der Waals surface area (Å²) < 4.78 is 1.12. The van der Waals surface area contributed by atoms with E-state index in [-0.39, 0.29) is 17.0 Å². The van der Waals surface area contributed by atoms with Crippen LogP contribution in [-0.4, -0.2) is 20.0 Å². The third-order valence-corrected chi connectivity index (χ3v) is 5.03. The van der Waals surface area contributed by atoms with Crippen LogP contribution < -0.4 is 21.8 Å². The molecule has 0 spiro atoms. The third-order valence-electron chi connectivity index (χ3n) is 4.03. The van der Waals surface area contributed by atoms with Gasteiger partial charge in [-0.15, -0.1) is 0 Å². The first-order valence-corrected chi connectivity index (χ1v) is 9.07. The molecule has 0 radical (unpaired) electrons. The first kappa shape index (κ1) is 17.5. The van der Waals surface area contributed by atoms with Crippen molar-refractivity contribution in [1.82, 2.24) is 20.0 Å². The number of nitrogens with zero attached hydrogens (tertiary/aromatic N) is 5. The van der Waals surface area contributed by atoms with Gasteiger partial charge in [0.2, 0.25) is 0 Å². The number of benzene rings is 3. The molecular weight excluding hydrogens is 422 g/mol. The minimum atomic E-state index is 0. The molecule has 0 bridgehead atoms. The molecule has 0 N–H and O–H groups in total. The Kier molecular flexibility index (Phi) is 4.79. The van der Waals surface area contributed by atoms with E-state index in [2.05, 4.69) is 6.07 Å². The highest BCUT2D eigenvalue weighted by molar-refractivity contribution is 7.20. The number of hydrogen-bond donors (Lipinski definition) is 0. The van der Waals surface area contributed by atoms with Crippen LogP contribution in [0.15, 0.2) is 84.9 Å². The third kappa shape index (κ3) is 3.27. The van der Waals surface area contributed by atoms with E-state index in [1.165, 1.54) is 0 Å². The van der Waals surface area contributed by atoms with Crippen LogP contribution in [0.25, 0.3) is 32.4 Å². The van der Waals surface area contributed by atoms with Crippen molar-refractivity contribution in [2.45, 2.75) is 0 Å². The van der Waals surface area contributed by atoms with E-state index in [1.54, 1.807) is 20.9 Å². The molecule has 5 nitrogen and oxygen atoms in total. The van der Waals surface area contributed by atoms with Crippen molar-refractivity contribution in [1.29, 1.82) is 0 Å². The van der Waals surface area contributed by atoms with E-state index < -0.39 is 0 Å². The molecule has 2 heterocycles. The normalized spacial score (nSPS) is 10.7. The minimum Gasteiger partial charge on any atom is -1.00 e. The van der Waals surface area contributed by atoms with Crippen LogP contribution in [0, 0.1) is 0 Å². The van der Waals surface area contributed by atoms with E-state index in [0.717, 1.165) is 26.6 Å². The van der Waals surface area contributed by atoms with Crippen molar-refractivity contribution in [2.24, 2.45) is 0 Å². The lowest BCUT2D eigenvalue weighted by Gasteiger charge is -1.97. The maximum absolute atomic E-state index is 4.74. The summed E-state index contributed by atoms with van der Waals surface area (Å²) in [6.07, 6.45) is 0. The number of fused-ring (bicyclic) bond motifs is 1. The van der Waals surface area contributed by atoms with Gasteiger partial charge in [0.15, 0.2) is 5.52 Å². The topological polar surface area (TPSA) is 47.5 Å². The quantitative estimate of drug-likeness (QED) is 0.394. The molecule has 0 saturated heterocycles. The minimum absolute atomic E-state index is 0. The predicted molar refractivity (Wildman–Crippen MR) is 102 cm³/mol. The Bertz CT molecular complexity index is 1150. The smallest absolute Gasteiger partial charge is 0.365 e. The van der Waals surface area contributed by atoms with Crippen LogP contribution in [0.4, 0.5) is 0 Å². The highest BCUT2D eigenvalue weighted by atomic mass is 79.9.